The van der Waals surface area contributed by atoms with E-state index in [1.54, 1.807) is 0 Å². The van der Waals surface area contributed by atoms with Crippen LogP contribution < -0.4 is 11.1 Å². The fourth-order valence-electron chi connectivity index (χ4n) is 4.16. The second-order valence-electron chi connectivity index (χ2n) is 11.9. The van der Waals surface area contributed by atoms with E-state index < -0.39 is 5.97 Å². The summed E-state index contributed by atoms with van der Waals surface area (Å²) in [6.07, 6.45) is 55.4. The van der Waals surface area contributed by atoms with Gasteiger partial charge < -0.3 is 26.4 Å². The number of unbranched alkanes of at least 4 members (excludes halogenated alkanes) is 8. The number of carbonyl (C=O) groups is 2. The Morgan fingerprint density at radius 2 is 0.804 bits per heavy atom. The van der Waals surface area contributed by atoms with E-state index in [0.29, 0.717) is 19.5 Å². The smallest absolute Gasteiger partial charge is 0.303 e. The van der Waals surface area contributed by atoms with Gasteiger partial charge >= 0.3 is 5.97 Å². The molecular weight excluding hydrogens is 636 g/mol. The number of aliphatic hydroxyl groups is 2. The Kier molecular flexibility index (Phi) is 52.2. The lowest BCUT2D eigenvalue weighted by atomic mass is 10.2. The number of nitrogens with one attached hydrogen (secondary N) is 1. The van der Waals surface area contributed by atoms with E-state index in [2.05, 4.69) is 116 Å². The van der Waals surface area contributed by atoms with Crippen LogP contribution in [0.4, 0.5) is 0 Å². The van der Waals surface area contributed by atoms with Crippen molar-refractivity contribution in [2.24, 2.45) is 5.73 Å². The first kappa shape index (κ1) is 52.1. The number of aliphatic carboxylic acids is 1. The largest absolute Gasteiger partial charge is 0.481 e. The van der Waals surface area contributed by atoms with Crippen LogP contribution in [0.15, 0.2) is 97.2 Å². The molecule has 7 heteroatoms. The Morgan fingerprint density at radius 1 is 0.490 bits per heavy atom. The third-order valence-electron chi connectivity index (χ3n) is 7.01. The summed E-state index contributed by atoms with van der Waals surface area (Å²) in [6, 6.07) is 0. The number of hydrogen-bond donors (Lipinski definition) is 5. The second kappa shape index (κ2) is 51.1. The van der Waals surface area contributed by atoms with E-state index >= 15 is 0 Å². The number of hydrogen-bond acceptors (Lipinski definition) is 5. The monoisotopic (exact) mass is 713 g/mol. The molecule has 7 nitrogen and oxygen atoms in total. The van der Waals surface area contributed by atoms with Gasteiger partial charge in [-0.1, -0.05) is 137 Å². The fourth-order valence-corrected chi connectivity index (χ4v) is 4.16. The lowest BCUT2D eigenvalue weighted by Crippen LogP contribution is -2.25. The number of amides is 1. The first-order valence-corrected chi connectivity index (χ1v) is 19.6. The maximum atomic E-state index is 11.3. The number of allylic oxidation sites excluding steroid dienone is 16. The van der Waals surface area contributed by atoms with Crippen LogP contribution >= 0.6 is 0 Å². The van der Waals surface area contributed by atoms with Gasteiger partial charge in [0.25, 0.3) is 0 Å². The summed E-state index contributed by atoms with van der Waals surface area (Å²) in [5.41, 5.74) is 4.78. The van der Waals surface area contributed by atoms with Gasteiger partial charge in [0.05, 0.1) is 13.2 Å². The van der Waals surface area contributed by atoms with Crippen molar-refractivity contribution in [2.45, 2.75) is 142 Å². The summed E-state index contributed by atoms with van der Waals surface area (Å²) < 4.78 is 0. The van der Waals surface area contributed by atoms with Gasteiger partial charge in [-0.15, -0.1) is 0 Å². The summed E-state index contributed by atoms with van der Waals surface area (Å²) >= 11 is 0. The molecule has 0 unspecified atom stereocenters. The lowest BCUT2D eigenvalue weighted by Gasteiger charge is -2.00. The molecule has 0 aliphatic heterocycles. The molecule has 0 radical (unpaired) electrons. The SMILES string of the molecule is CCCCC/C=C\C/C=C\C/C=C\C/C=C\CCCC(=O)NCCO.CCCCC/C=C\C/C=C\C/C=C\C/C=C\CCCC(=O)O.NCCO. The molecule has 1 amide bonds. The molecule has 0 heterocycles. The van der Waals surface area contributed by atoms with E-state index in [1.165, 1.54) is 51.4 Å². The molecule has 0 fully saturated rings. The normalized spacial score (nSPS) is 11.9. The Balaban J connectivity index is -0.000000821. The number of rotatable bonds is 31. The molecule has 292 valence electrons. The molecule has 0 saturated heterocycles. The van der Waals surface area contributed by atoms with Crippen molar-refractivity contribution in [2.75, 3.05) is 26.3 Å². The summed E-state index contributed by atoms with van der Waals surface area (Å²) in [7, 11) is 0. The van der Waals surface area contributed by atoms with Gasteiger partial charge in [0.15, 0.2) is 0 Å². The van der Waals surface area contributed by atoms with Gasteiger partial charge in [-0.25, -0.2) is 0 Å². The highest BCUT2D eigenvalue weighted by atomic mass is 16.4. The Bertz CT molecular complexity index is 959. The van der Waals surface area contributed by atoms with Crippen molar-refractivity contribution in [3.05, 3.63) is 97.2 Å². The van der Waals surface area contributed by atoms with Crippen LogP contribution in [0.3, 0.4) is 0 Å². The van der Waals surface area contributed by atoms with Crippen molar-refractivity contribution in [3.8, 4) is 0 Å². The van der Waals surface area contributed by atoms with Gasteiger partial charge in [0, 0.05) is 25.9 Å². The van der Waals surface area contributed by atoms with E-state index in [4.69, 9.17) is 21.1 Å². The van der Waals surface area contributed by atoms with Gasteiger partial charge in [-0.05, 0) is 89.9 Å². The number of aliphatic hydroxyl groups excluding tert-OH is 2. The van der Waals surface area contributed by atoms with Crippen LogP contribution in [0.5, 0.6) is 0 Å². The minimum absolute atomic E-state index is 0.00289. The van der Waals surface area contributed by atoms with Crippen molar-refractivity contribution in [1.29, 1.82) is 0 Å². The standard InChI is InChI=1S/C22H37NO2.C20H32O2.C2H7NO/c1-2-3-4-5-6-7-8-9-10-11-12-13-14-15-16-17-18-19-22(25)23-20-21-24;1-2-3-4-5-6-7-8-9-10-11-12-13-14-15-16-17-18-19-20(21)22;3-1-2-4/h6-7,9-10,12-13,15-16,24H,2-5,8,11,14,17-21H2,1H3,(H,23,25);6-7,9-10,12-13,15-16H,2-5,8,11,14,17-19H2,1H3,(H,21,22);4H,1-3H2/b2*7-6-,10-9-,13-12-,16-15-;. The van der Waals surface area contributed by atoms with Crippen LogP contribution in [0.2, 0.25) is 0 Å². The van der Waals surface area contributed by atoms with Crippen LogP contribution in [-0.4, -0.2) is 53.5 Å². The molecule has 0 rings (SSSR count). The predicted molar refractivity (Wildman–Crippen MR) is 221 cm³/mol. The zero-order valence-electron chi connectivity index (χ0n) is 32.4. The van der Waals surface area contributed by atoms with Crippen LogP contribution in [0, 0.1) is 0 Å². The van der Waals surface area contributed by atoms with E-state index in [-0.39, 0.29) is 25.5 Å². The molecule has 6 N–H and O–H groups in total. The zero-order chi connectivity index (χ0) is 38.1. The average molecular weight is 713 g/mol. The summed E-state index contributed by atoms with van der Waals surface area (Å²) in [5.74, 6) is -0.694. The van der Waals surface area contributed by atoms with E-state index in [1.807, 2.05) is 0 Å². The third kappa shape index (κ3) is 59.2. The first-order chi connectivity index (χ1) is 25.0. The van der Waals surface area contributed by atoms with Crippen molar-refractivity contribution in [1.82, 2.24) is 5.32 Å². The Labute approximate surface area is 313 Å². The maximum Gasteiger partial charge on any atom is 0.303 e. The molecular formula is C44H76N2O5. The molecule has 0 spiro atoms. The number of carbonyl (C=O) groups excluding carboxylic acids is 1. The van der Waals surface area contributed by atoms with Crippen LogP contribution in [0.25, 0.3) is 0 Å². The molecule has 0 aromatic rings. The fraction of sp³-hybridized carbons (Fsp3) is 0.591. The molecule has 0 aromatic heterocycles. The Morgan fingerprint density at radius 3 is 1.10 bits per heavy atom. The first-order valence-electron chi connectivity index (χ1n) is 19.6. The molecule has 51 heavy (non-hydrogen) atoms. The van der Waals surface area contributed by atoms with Crippen LogP contribution in [0.1, 0.15) is 142 Å². The quantitative estimate of drug-likeness (QED) is 0.0359. The minimum Gasteiger partial charge on any atom is -0.481 e. The van der Waals surface area contributed by atoms with Gasteiger partial charge in [-0.2, -0.15) is 0 Å². The lowest BCUT2D eigenvalue weighted by molar-refractivity contribution is -0.137. The Hall–Kier alpha value is -3.26. The van der Waals surface area contributed by atoms with Gasteiger partial charge in [-0.3, -0.25) is 9.59 Å². The number of carboxylic acid groups (broad SMARTS) is 1. The molecule has 0 aliphatic rings. The third-order valence-corrected chi connectivity index (χ3v) is 7.01. The molecule has 0 atom stereocenters. The maximum absolute atomic E-state index is 11.3. The average Bonchev–Trinajstić information content (AvgIpc) is 3.13. The second-order valence-corrected chi connectivity index (χ2v) is 11.9. The van der Waals surface area contributed by atoms with Gasteiger partial charge in [0.2, 0.25) is 5.91 Å². The topological polar surface area (TPSA) is 133 Å². The van der Waals surface area contributed by atoms with Gasteiger partial charge in [0.1, 0.15) is 0 Å². The highest BCUT2D eigenvalue weighted by Gasteiger charge is 1.97. The predicted octanol–water partition coefficient (Wildman–Crippen LogP) is 10.4. The molecule has 0 aromatic carbocycles. The van der Waals surface area contributed by atoms with Crippen molar-refractivity contribution >= 4 is 11.9 Å². The number of nitrogens with two attached hydrogens (primary N) is 1. The highest BCUT2D eigenvalue weighted by Crippen LogP contribution is 2.03. The summed E-state index contributed by atoms with van der Waals surface area (Å²) in [6.45, 7) is 5.29. The van der Waals surface area contributed by atoms with Crippen molar-refractivity contribution in [3.63, 3.8) is 0 Å². The zero-order valence-corrected chi connectivity index (χ0v) is 32.4. The molecule has 0 saturated carbocycles. The van der Waals surface area contributed by atoms with E-state index in [0.717, 1.165) is 64.2 Å². The minimum atomic E-state index is -0.712. The van der Waals surface area contributed by atoms with Crippen LogP contribution in [-0.2, 0) is 9.59 Å². The molecule has 0 aliphatic carbocycles. The van der Waals surface area contributed by atoms with Crippen molar-refractivity contribution < 1.29 is 24.9 Å². The summed E-state index contributed by atoms with van der Waals surface area (Å²) in [5, 5.41) is 27.5. The summed E-state index contributed by atoms with van der Waals surface area (Å²) in [4.78, 5) is 21.6. The number of carboxylic acids is 1. The van der Waals surface area contributed by atoms with E-state index in [9.17, 15) is 9.59 Å². The highest BCUT2D eigenvalue weighted by molar-refractivity contribution is 5.75. The molecule has 0 bridgehead atoms.